The van der Waals surface area contributed by atoms with E-state index in [1.807, 2.05) is 20.8 Å². The maximum absolute atomic E-state index is 11.4. The third kappa shape index (κ3) is 8.16. The van der Waals surface area contributed by atoms with Gasteiger partial charge in [0.15, 0.2) is 0 Å². The molecular formula is C12H22O3. The van der Waals surface area contributed by atoms with Crippen LogP contribution < -0.4 is 0 Å². The molecule has 0 rings (SSSR count). The number of ether oxygens (including phenoxy) is 1. The molecule has 0 bridgehead atoms. The van der Waals surface area contributed by atoms with E-state index >= 15 is 0 Å². The van der Waals surface area contributed by atoms with E-state index in [1.165, 1.54) is 0 Å². The lowest BCUT2D eigenvalue weighted by Crippen LogP contribution is -2.18. The van der Waals surface area contributed by atoms with Crippen molar-refractivity contribution in [2.45, 2.75) is 59.5 Å². The molecule has 15 heavy (non-hydrogen) atoms. The Hall–Kier alpha value is -0.860. The second-order valence-electron chi connectivity index (χ2n) is 4.33. The highest BCUT2D eigenvalue weighted by Crippen LogP contribution is 2.12. The summed E-state index contributed by atoms with van der Waals surface area (Å²) in [6.45, 7) is 7.16. The smallest absolute Gasteiger partial charge is 0.308 e. The molecule has 0 aromatic carbocycles. The van der Waals surface area contributed by atoms with Crippen LogP contribution in [-0.2, 0) is 14.3 Å². The molecule has 0 aromatic rings. The molecule has 0 aromatic heterocycles. The summed E-state index contributed by atoms with van der Waals surface area (Å²) in [5.74, 6) is 0.0274. The molecule has 0 spiro atoms. The van der Waals surface area contributed by atoms with Gasteiger partial charge in [0.1, 0.15) is 5.78 Å². The second-order valence-corrected chi connectivity index (χ2v) is 4.33. The van der Waals surface area contributed by atoms with Crippen molar-refractivity contribution in [2.24, 2.45) is 5.92 Å². The van der Waals surface area contributed by atoms with E-state index in [9.17, 15) is 9.59 Å². The number of esters is 1. The molecule has 88 valence electrons. The molecule has 1 atom stereocenters. The first kappa shape index (κ1) is 14.1. The summed E-state index contributed by atoms with van der Waals surface area (Å²) in [4.78, 5) is 22.1. The van der Waals surface area contributed by atoms with Gasteiger partial charge in [-0.1, -0.05) is 13.3 Å². The first-order chi connectivity index (χ1) is 6.93. The zero-order valence-corrected chi connectivity index (χ0v) is 10.2. The van der Waals surface area contributed by atoms with Gasteiger partial charge in [-0.15, -0.1) is 0 Å². The minimum absolute atomic E-state index is 0.0443. The summed E-state index contributed by atoms with van der Waals surface area (Å²) in [5.41, 5.74) is 0. The number of carbonyl (C=O) groups is 2. The van der Waals surface area contributed by atoms with Crippen LogP contribution in [0.2, 0.25) is 0 Å². The van der Waals surface area contributed by atoms with Crippen molar-refractivity contribution in [1.82, 2.24) is 0 Å². The topological polar surface area (TPSA) is 43.4 Å². The Bertz CT molecular complexity index is 209. The van der Waals surface area contributed by atoms with Crippen molar-refractivity contribution in [3.63, 3.8) is 0 Å². The van der Waals surface area contributed by atoms with Crippen molar-refractivity contribution < 1.29 is 14.3 Å². The fourth-order valence-electron chi connectivity index (χ4n) is 1.29. The van der Waals surface area contributed by atoms with Gasteiger partial charge >= 0.3 is 5.97 Å². The third-order valence-corrected chi connectivity index (χ3v) is 2.17. The van der Waals surface area contributed by atoms with Gasteiger partial charge in [-0.3, -0.25) is 4.79 Å². The number of hydrogen-bond donors (Lipinski definition) is 0. The van der Waals surface area contributed by atoms with Gasteiger partial charge in [-0.2, -0.15) is 0 Å². The number of Topliss-reactive ketones (excluding diaryl/α,β-unsaturated/α-hetero) is 1. The van der Waals surface area contributed by atoms with Crippen LogP contribution in [-0.4, -0.2) is 17.9 Å². The number of unbranched alkanes of at least 4 members (excludes halogenated alkanes) is 1. The van der Waals surface area contributed by atoms with Crippen molar-refractivity contribution in [1.29, 1.82) is 0 Å². The van der Waals surface area contributed by atoms with Crippen LogP contribution >= 0.6 is 0 Å². The summed E-state index contributed by atoms with van der Waals surface area (Å²) < 4.78 is 5.08. The summed E-state index contributed by atoms with van der Waals surface area (Å²) in [6.07, 6.45) is 3.16. The molecule has 0 saturated heterocycles. The molecular weight excluding hydrogens is 192 g/mol. The van der Waals surface area contributed by atoms with E-state index < -0.39 is 0 Å². The lowest BCUT2D eigenvalue weighted by Gasteiger charge is -2.13. The predicted octanol–water partition coefficient (Wildman–Crippen LogP) is 2.72. The molecule has 0 radical (unpaired) electrons. The molecule has 3 nitrogen and oxygen atoms in total. The predicted molar refractivity (Wildman–Crippen MR) is 59.5 cm³/mol. The Morgan fingerprint density at radius 2 is 1.73 bits per heavy atom. The highest BCUT2D eigenvalue weighted by atomic mass is 16.5. The lowest BCUT2D eigenvalue weighted by molar-refractivity contribution is -0.152. The number of hydrogen-bond acceptors (Lipinski definition) is 3. The van der Waals surface area contributed by atoms with Gasteiger partial charge in [0, 0.05) is 6.42 Å². The Balaban J connectivity index is 3.60. The zero-order valence-electron chi connectivity index (χ0n) is 10.2. The fraction of sp³-hybridized carbons (Fsp3) is 0.833. The van der Waals surface area contributed by atoms with Gasteiger partial charge < -0.3 is 9.53 Å². The Labute approximate surface area is 92.2 Å². The van der Waals surface area contributed by atoms with Crippen molar-refractivity contribution in [3.05, 3.63) is 0 Å². The van der Waals surface area contributed by atoms with E-state index in [2.05, 4.69) is 0 Å². The maximum Gasteiger partial charge on any atom is 0.308 e. The fourth-order valence-corrected chi connectivity index (χ4v) is 1.29. The molecule has 1 unspecified atom stereocenters. The summed E-state index contributed by atoms with van der Waals surface area (Å²) in [5, 5.41) is 0. The van der Waals surface area contributed by atoms with Gasteiger partial charge in [0.2, 0.25) is 0 Å². The first-order valence-corrected chi connectivity index (χ1v) is 5.63. The molecule has 0 N–H and O–H groups in total. The first-order valence-electron chi connectivity index (χ1n) is 5.63. The number of ketones is 1. The zero-order chi connectivity index (χ0) is 11.8. The van der Waals surface area contributed by atoms with E-state index in [-0.39, 0.29) is 23.8 Å². The van der Waals surface area contributed by atoms with E-state index in [0.717, 1.165) is 19.3 Å². The van der Waals surface area contributed by atoms with Crippen LogP contribution in [0.4, 0.5) is 0 Å². The molecule has 0 heterocycles. The van der Waals surface area contributed by atoms with Crippen molar-refractivity contribution >= 4 is 11.8 Å². The largest absolute Gasteiger partial charge is 0.463 e. The number of rotatable bonds is 7. The Morgan fingerprint density at radius 3 is 2.20 bits per heavy atom. The van der Waals surface area contributed by atoms with Gasteiger partial charge in [0.05, 0.1) is 12.0 Å². The summed E-state index contributed by atoms with van der Waals surface area (Å²) >= 11 is 0. The molecule has 0 aliphatic carbocycles. The van der Waals surface area contributed by atoms with Gasteiger partial charge in [0.25, 0.3) is 0 Å². The van der Waals surface area contributed by atoms with Crippen molar-refractivity contribution in [2.75, 3.05) is 0 Å². The maximum atomic E-state index is 11.4. The Morgan fingerprint density at radius 1 is 1.13 bits per heavy atom. The lowest BCUT2D eigenvalue weighted by atomic mass is 10.0. The van der Waals surface area contributed by atoms with Crippen LogP contribution in [0, 0.1) is 5.92 Å². The standard InChI is InChI=1S/C12H22O3/c1-9(2)15-12(14)10(3)7-5-6-8-11(4)13/h9-10H,5-8H2,1-4H3. The van der Waals surface area contributed by atoms with Crippen LogP contribution in [0.25, 0.3) is 0 Å². The monoisotopic (exact) mass is 214 g/mol. The summed E-state index contributed by atoms with van der Waals surface area (Å²) in [6, 6.07) is 0. The average molecular weight is 214 g/mol. The normalized spacial score (nSPS) is 12.6. The third-order valence-electron chi connectivity index (χ3n) is 2.17. The SMILES string of the molecule is CC(=O)CCCCC(C)C(=O)OC(C)C. The highest BCUT2D eigenvalue weighted by molar-refractivity contribution is 5.75. The van der Waals surface area contributed by atoms with E-state index in [0.29, 0.717) is 6.42 Å². The highest BCUT2D eigenvalue weighted by Gasteiger charge is 2.15. The van der Waals surface area contributed by atoms with E-state index in [4.69, 9.17) is 4.74 Å². The minimum Gasteiger partial charge on any atom is -0.463 e. The molecule has 3 heteroatoms. The molecule has 0 aliphatic rings. The molecule has 0 saturated carbocycles. The van der Waals surface area contributed by atoms with Crippen LogP contribution in [0.3, 0.4) is 0 Å². The van der Waals surface area contributed by atoms with Crippen LogP contribution in [0.1, 0.15) is 53.4 Å². The molecule has 0 amide bonds. The van der Waals surface area contributed by atoms with Gasteiger partial charge in [-0.05, 0) is 33.6 Å². The van der Waals surface area contributed by atoms with Crippen LogP contribution in [0.5, 0.6) is 0 Å². The minimum atomic E-state index is -0.132. The quantitative estimate of drug-likeness (QED) is 0.483. The molecule has 0 fully saturated rings. The van der Waals surface area contributed by atoms with E-state index in [1.54, 1.807) is 6.92 Å². The number of carbonyl (C=O) groups excluding carboxylic acids is 2. The average Bonchev–Trinajstić information content (AvgIpc) is 2.10. The van der Waals surface area contributed by atoms with Crippen LogP contribution in [0.15, 0.2) is 0 Å². The summed E-state index contributed by atoms with van der Waals surface area (Å²) in [7, 11) is 0. The Kier molecular flexibility index (Phi) is 7.01. The molecule has 0 aliphatic heterocycles. The van der Waals surface area contributed by atoms with Gasteiger partial charge in [-0.25, -0.2) is 0 Å². The second kappa shape index (κ2) is 7.43. The van der Waals surface area contributed by atoms with Crippen molar-refractivity contribution in [3.8, 4) is 0 Å².